The number of nitrogen functional groups attached to an aromatic ring is 1. The number of nitrogens with two attached hydrogens (primary N) is 1. The number of hydrazine groups is 1. The number of benzene rings is 3. The van der Waals surface area contributed by atoms with Crippen LogP contribution in [0.25, 0.3) is 0 Å². The van der Waals surface area contributed by atoms with Crippen LogP contribution in [0.15, 0.2) is 72.8 Å². The highest BCUT2D eigenvalue weighted by atomic mass is 16.5. The Bertz CT molecular complexity index is 1210. The van der Waals surface area contributed by atoms with Gasteiger partial charge in [-0.1, -0.05) is 36.4 Å². The van der Waals surface area contributed by atoms with Crippen molar-refractivity contribution in [3.05, 3.63) is 89.5 Å². The minimum absolute atomic E-state index is 0.0518. The Morgan fingerprint density at radius 3 is 2.27 bits per heavy atom. The summed E-state index contributed by atoms with van der Waals surface area (Å²) >= 11 is 0. The van der Waals surface area contributed by atoms with Gasteiger partial charge in [0, 0.05) is 11.3 Å². The van der Waals surface area contributed by atoms with Crippen LogP contribution in [0.1, 0.15) is 43.5 Å². The lowest BCUT2D eigenvalue weighted by Crippen LogP contribution is -2.46. The van der Waals surface area contributed by atoms with Crippen molar-refractivity contribution < 1.29 is 19.1 Å². The Morgan fingerprint density at radius 1 is 0.946 bits per heavy atom. The molecule has 1 atom stereocenters. The van der Waals surface area contributed by atoms with Crippen molar-refractivity contribution in [2.75, 3.05) is 11.9 Å². The molecular weight excluding hydrogens is 470 g/mol. The molecule has 0 saturated carbocycles. The number of amidine groups is 1. The molecule has 0 bridgehead atoms. The minimum atomic E-state index is -0.882. The molecule has 0 aromatic heterocycles. The van der Waals surface area contributed by atoms with Gasteiger partial charge in [-0.2, -0.15) is 0 Å². The first-order valence-electron chi connectivity index (χ1n) is 12.0. The number of anilines is 1. The Morgan fingerprint density at radius 2 is 1.65 bits per heavy atom. The van der Waals surface area contributed by atoms with E-state index in [-0.39, 0.29) is 24.3 Å². The maximum atomic E-state index is 13.3. The predicted molar refractivity (Wildman–Crippen MR) is 144 cm³/mol. The zero-order valence-electron chi connectivity index (χ0n) is 21.2. The van der Waals surface area contributed by atoms with Crippen LogP contribution in [0.3, 0.4) is 0 Å². The van der Waals surface area contributed by atoms with E-state index >= 15 is 0 Å². The molecule has 0 saturated heterocycles. The Balaban J connectivity index is 1.84. The summed E-state index contributed by atoms with van der Waals surface area (Å²) in [5.74, 6) is 0.205. The van der Waals surface area contributed by atoms with Crippen LogP contribution < -0.4 is 31.4 Å². The van der Waals surface area contributed by atoms with E-state index < -0.39 is 11.9 Å². The Kier molecular flexibility index (Phi) is 9.48. The molecule has 3 aromatic carbocycles. The van der Waals surface area contributed by atoms with Gasteiger partial charge in [-0.15, -0.1) is 0 Å². The Labute approximate surface area is 216 Å². The molecule has 0 heterocycles. The van der Waals surface area contributed by atoms with Crippen molar-refractivity contribution in [2.24, 2.45) is 5.73 Å². The zero-order chi connectivity index (χ0) is 26.8. The molecule has 0 aliphatic rings. The smallest absolute Gasteiger partial charge is 0.265 e. The van der Waals surface area contributed by atoms with Gasteiger partial charge in [-0.25, -0.2) is 0 Å². The molecule has 3 aromatic rings. The van der Waals surface area contributed by atoms with E-state index in [4.69, 9.17) is 20.6 Å². The number of ether oxygens (including phenoxy) is 2. The van der Waals surface area contributed by atoms with Crippen molar-refractivity contribution in [1.29, 1.82) is 5.41 Å². The predicted octanol–water partition coefficient (Wildman–Crippen LogP) is 3.70. The van der Waals surface area contributed by atoms with E-state index in [0.717, 1.165) is 5.56 Å². The highest BCUT2D eigenvalue weighted by Gasteiger charge is 2.23. The quantitative estimate of drug-likeness (QED) is 0.154. The third kappa shape index (κ3) is 7.99. The Hall–Kier alpha value is -4.53. The van der Waals surface area contributed by atoms with Gasteiger partial charge in [0.1, 0.15) is 11.9 Å². The molecule has 9 nitrogen and oxygen atoms in total. The van der Waals surface area contributed by atoms with E-state index in [2.05, 4.69) is 16.2 Å². The van der Waals surface area contributed by atoms with E-state index in [0.29, 0.717) is 34.9 Å². The van der Waals surface area contributed by atoms with Crippen LogP contribution >= 0.6 is 0 Å². The highest BCUT2D eigenvalue weighted by molar-refractivity contribution is 5.95. The number of rotatable bonds is 11. The number of amides is 2. The van der Waals surface area contributed by atoms with Crippen molar-refractivity contribution in [3.8, 4) is 11.5 Å². The molecule has 6 N–H and O–H groups in total. The number of carbonyl (C=O) groups is 2. The summed E-state index contributed by atoms with van der Waals surface area (Å²) in [6, 6.07) is 20.5. The summed E-state index contributed by atoms with van der Waals surface area (Å²) in [6.45, 7) is 6.13. The summed E-state index contributed by atoms with van der Waals surface area (Å²) in [5, 5.41) is 10.8. The second-order valence-corrected chi connectivity index (χ2v) is 8.57. The molecule has 3 rings (SSSR count). The van der Waals surface area contributed by atoms with E-state index in [1.807, 2.05) is 51.1 Å². The molecule has 0 fully saturated rings. The van der Waals surface area contributed by atoms with Crippen molar-refractivity contribution >= 4 is 23.3 Å². The minimum Gasteiger partial charge on any atom is -0.490 e. The average Bonchev–Trinajstić information content (AvgIpc) is 2.87. The molecule has 0 aliphatic heterocycles. The molecular formula is C28H33N5O4. The zero-order valence-corrected chi connectivity index (χ0v) is 21.2. The first-order valence-corrected chi connectivity index (χ1v) is 12.0. The molecule has 0 radical (unpaired) electrons. The van der Waals surface area contributed by atoms with Gasteiger partial charge < -0.3 is 20.5 Å². The van der Waals surface area contributed by atoms with Gasteiger partial charge >= 0.3 is 0 Å². The molecule has 0 spiro atoms. The van der Waals surface area contributed by atoms with E-state index in [1.165, 1.54) is 0 Å². The number of nitrogens with one attached hydrogen (secondary N) is 4. The molecule has 194 valence electrons. The molecule has 2 amide bonds. The van der Waals surface area contributed by atoms with Gasteiger partial charge in [0.05, 0.1) is 19.1 Å². The van der Waals surface area contributed by atoms with Gasteiger partial charge in [-0.3, -0.25) is 25.8 Å². The fourth-order valence-corrected chi connectivity index (χ4v) is 3.57. The maximum absolute atomic E-state index is 13.3. The number of hydrogen-bond donors (Lipinski definition) is 5. The third-order valence-electron chi connectivity index (χ3n) is 5.27. The summed E-state index contributed by atoms with van der Waals surface area (Å²) in [6.07, 6.45) is 0.0726. The highest BCUT2D eigenvalue weighted by Crippen LogP contribution is 2.32. The largest absolute Gasteiger partial charge is 0.490 e. The van der Waals surface area contributed by atoms with Crippen LogP contribution in [0.5, 0.6) is 11.5 Å². The standard InChI is InChI=1S/C28H33N5O4/c1-4-36-24-17-21(12-15-23(24)37-18(2)3)26(31-22-13-10-20(11-14-22)27(29)30)28(35)33-32-25(34)16-19-8-6-5-7-9-19/h5-15,17-18,26,31H,4,16H2,1-3H3,(H3,29,30)(H,32,34)(H,33,35). The monoisotopic (exact) mass is 503 g/mol. The van der Waals surface area contributed by atoms with Crippen molar-refractivity contribution in [3.63, 3.8) is 0 Å². The molecule has 0 aliphatic carbocycles. The normalized spacial score (nSPS) is 11.4. The second kappa shape index (κ2) is 13.0. The fourth-order valence-electron chi connectivity index (χ4n) is 3.57. The molecule has 9 heteroatoms. The van der Waals surface area contributed by atoms with Crippen LogP contribution in [0.4, 0.5) is 5.69 Å². The lowest BCUT2D eigenvalue weighted by atomic mass is 10.0. The lowest BCUT2D eigenvalue weighted by molar-refractivity contribution is -0.129. The second-order valence-electron chi connectivity index (χ2n) is 8.57. The van der Waals surface area contributed by atoms with E-state index in [9.17, 15) is 9.59 Å². The first-order chi connectivity index (χ1) is 17.8. The van der Waals surface area contributed by atoms with Gasteiger partial charge in [0.2, 0.25) is 5.91 Å². The van der Waals surface area contributed by atoms with Crippen molar-refractivity contribution in [2.45, 2.75) is 39.3 Å². The SMILES string of the molecule is CCOc1cc(C(Nc2ccc(C(=N)N)cc2)C(=O)NNC(=O)Cc2ccccc2)ccc1OC(C)C. The first kappa shape index (κ1) is 27.1. The number of hydrogen-bond acceptors (Lipinski definition) is 6. The fraction of sp³-hybridized carbons (Fsp3) is 0.250. The van der Waals surface area contributed by atoms with E-state index in [1.54, 1.807) is 42.5 Å². The summed E-state index contributed by atoms with van der Waals surface area (Å²) in [5.41, 5.74) is 13.2. The van der Waals surface area contributed by atoms with Crippen LogP contribution in [0, 0.1) is 5.41 Å². The summed E-state index contributed by atoms with van der Waals surface area (Å²) in [4.78, 5) is 25.7. The van der Waals surface area contributed by atoms with Gasteiger partial charge in [-0.05, 0) is 68.3 Å². The maximum Gasteiger partial charge on any atom is 0.265 e. The summed E-state index contributed by atoms with van der Waals surface area (Å²) in [7, 11) is 0. The third-order valence-corrected chi connectivity index (χ3v) is 5.27. The van der Waals surface area contributed by atoms with Crippen LogP contribution in [-0.4, -0.2) is 30.4 Å². The van der Waals surface area contributed by atoms with Crippen LogP contribution in [-0.2, 0) is 16.0 Å². The van der Waals surface area contributed by atoms with Crippen LogP contribution in [0.2, 0.25) is 0 Å². The number of carbonyl (C=O) groups excluding carboxylic acids is 2. The summed E-state index contributed by atoms with van der Waals surface area (Å²) < 4.78 is 11.6. The van der Waals surface area contributed by atoms with Gasteiger partial charge in [0.25, 0.3) is 5.91 Å². The lowest BCUT2D eigenvalue weighted by Gasteiger charge is -2.22. The van der Waals surface area contributed by atoms with Gasteiger partial charge in [0.15, 0.2) is 11.5 Å². The average molecular weight is 504 g/mol. The topological polar surface area (TPSA) is 139 Å². The van der Waals surface area contributed by atoms with Crippen molar-refractivity contribution in [1.82, 2.24) is 10.9 Å². The molecule has 1 unspecified atom stereocenters. The molecule has 37 heavy (non-hydrogen) atoms.